The van der Waals surface area contributed by atoms with Gasteiger partial charge in [0.1, 0.15) is 18.2 Å². The standard InChI is InChI=1S/C14H16F2O2/c15-11-4-5-13(16)12(8-11)14(17)9-18-7-6-10-2-1-3-10/h4-5,8,10H,1-3,6-7,9H2. The molecular weight excluding hydrogens is 238 g/mol. The van der Waals surface area contributed by atoms with E-state index in [-0.39, 0.29) is 12.2 Å². The summed E-state index contributed by atoms with van der Waals surface area (Å²) in [5.41, 5.74) is -0.237. The Morgan fingerprint density at radius 2 is 2.11 bits per heavy atom. The van der Waals surface area contributed by atoms with Crippen molar-refractivity contribution in [1.82, 2.24) is 0 Å². The smallest absolute Gasteiger partial charge is 0.191 e. The molecule has 2 nitrogen and oxygen atoms in total. The molecule has 1 aromatic rings. The molecule has 1 aromatic carbocycles. The van der Waals surface area contributed by atoms with Crippen LogP contribution in [0.3, 0.4) is 0 Å². The highest BCUT2D eigenvalue weighted by Crippen LogP contribution is 2.29. The predicted molar refractivity (Wildman–Crippen MR) is 63.5 cm³/mol. The predicted octanol–water partition coefficient (Wildman–Crippen LogP) is 3.35. The summed E-state index contributed by atoms with van der Waals surface area (Å²) < 4.78 is 31.4. The Kier molecular flexibility index (Phi) is 4.42. The van der Waals surface area contributed by atoms with Crippen molar-refractivity contribution < 1.29 is 18.3 Å². The Morgan fingerprint density at radius 1 is 1.33 bits per heavy atom. The van der Waals surface area contributed by atoms with Gasteiger partial charge < -0.3 is 4.74 Å². The van der Waals surface area contributed by atoms with Crippen LogP contribution in [0.1, 0.15) is 36.0 Å². The third-order valence-corrected chi connectivity index (χ3v) is 3.36. The van der Waals surface area contributed by atoms with E-state index in [1.165, 1.54) is 19.3 Å². The normalized spacial score (nSPS) is 15.4. The minimum absolute atomic E-state index is 0.187. The van der Waals surface area contributed by atoms with Gasteiger partial charge in [0.15, 0.2) is 5.78 Å². The number of halogens is 2. The molecule has 0 heterocycles. The van der Waals surface area contributed by atoms with Crippen LogP contribution in [-0.2, 0) is 4.74 Å². The summed E-state index contributed by atoms with van der Waals surface area (Å²) in [6.45, 7) is 0.320. The molecule has 0 atom stereocenters. The van der Waals surface area contributed by atoms with Crippen LogP contribution in [0.25, 0.3) is 0 Å². The van der Waals surface area contributed by atoms with Gasteiger partial charge >= 0.3 is 0 Å². The average Bonchev–Trinajstić information content (AvgIpc) is 2.29. The number of ketones is 1. The van der Waals surface area contributed by atoms with Crippen molar-refractivity contribution in [3.63, 3.8) is 0 Å². The molecule has 0 aliphatic heterocycles. The average molecular weight is 254 g/mol. The highest BCUT2D eigenvalue weighted by molar-refractivity contribution is 5.97. The molecule has 0 saturated heterocycles. The van der Waals surface area contributed by atoms with E-state index in [1.54, 1.807) is 0 Å². The van der Waals surface area contributed by atoms with Crippen molar-refractivity contribution in [2.75, 3.05) is 13.2 Å². The zero-order chi connectivity index (χ0) is 13.0. The van der Waals surface area contributed by atoms with Gasteiger partial charge in [0.2, 0.25) is 0 Å². The molecule has 0 radical (unpaired) electrons. The molecule has 2 rings (SSSR count). The first-order chi connectivity index (χ1) is 8.66. The first-order valence-electron chi connectivity index (χ1n) is 6.23. The lowest BCUT2D eigenvalue weighted by Gasteiger charge is -2.24. The van der Waals surface area contributed by atoms with E-state index >= 15 is 0 Å². The minimum atomic E-state index is -0.705. The minimum Gasteiger partial charge on any atom is -0.373 e. The lowest BCUT2D eigenvalue weighted by Crippen LogP contribution is -2.16. The van der Waals surface area contributed by atoms with Crippen LogP contribution in [0, 0.1) is 17.6 Å². The number of carbonyl (C=O) groups excluding carboxylic acids is 1. The quantitative estimate of drug-likeness (QED) is 0.575. The summed E-state index contributed by atoms with van der Waals surface area (Å²) in [5, 5.41) is 0. The van der Waals surface area contributed by atoms with Gasteiger partial charge in [-0.05, 0) is 30.5 Å². The number of rotatable bonds is 6. The first-order valence-corrected chi connectivity index (χ1v) is 6.23. The van der Waals surface area contributed by atoms with Gasteiger partial charge in [-0.15, -0.1) is 0 Å². The lowest BCUT2D eigenvalue weighted by molar-refractivity contribution is 0.0701. The van der Waals surface area contributed by atoms with E-state index < -0.39 is 17.4 Å². The largest absolute Gasteiger partial charge is 0.373 e. The Labute approximate surface area is 105 Å². The first kappa shape index (κ1) is 13.1. The monoisotopic (exact) mass is 254 g/mol. The maximum absolute atomic E-state index is 13.3. The van der Waals surface area contributed by atoms with Crippen LogP contribution in [0.4, 0.5) is 8.78 Å². The molecule has 0 aromatic heterocycles. The van der Waals surface area contributed by atoms with E-state index in [2.05, 4.69) is 0 Å². The summed E-state index contributed by atoms with van der Waals surface area (Å²) in [5.74, 6) is -1.12. The van der Waals surface area contributed by atoms with E-state index in [0.29, 0.717) is 12.5 Å². The maximum Gasteiger partial charge on any atom is 0.191 e. The maximum atomic E-state index is 13.3. The Balaban J connectivity index is 1.77. The van der Waals surface area contributed by atoms with Crippen LogP contribution in [0.5, 0.6) is 0 Å². The molecule has 4 heteroatoms. The van der Waals surface area contributed by atoms with E-state index in [4.69, 9.17) is 4.74 Å². The molecule has 0 unspecified atom stereocenters. The molecule has 1 aliphatic carbocycles. The van der Waals surface area contributed by atoms with Gasteiger partial charge in [0.05, 0.1) is 5.56 Å². The van der Waals surface area contributed by atoms with E-state index in [9.17, 15) is 13.6 Å². The van der Waals surface area contributed by atoms with Gasteiger partial charge in [0.25, 0.3) is 0 Å². The van der Waals surface area contributed by atoms with Crippen LogP contribution in [0.15, 0.2) is 18.2 Å². The summed E-state index contributed by atoms with van der Waals surface area (Å²) in [4.78, 5) is 11.6. The Hall–Kier alpha value is -1.29. The highest BCUT2D eigenvalue weighted by Gasteiger charge is 2.17. The number of benzene rings is 1. The van der Waals surface area contributed by atoms with Crippen molar-refractivity contribution in [3.8, 4) is 0 Å². The lowest BCUT2D eigenvalue weighted by atomic mass is 9.83. The second kappa shape index (κ2) is 6.05. The molecule has 1 saturated carbocycles. The van der Waals surface area contributed by atoms with Crippen LogP contribution in [0.2, 0.25) is 0 Å². The highest BCUT2D eigenvalue weighted by atomic mass is 19.1. The SMILES string of the molecule is O=C(COCCC1CCC1)c1cc(F)ccc1F. The number of hydrogen-bond donors (Lipinski definition) is 0. The molecule has 0 amide bonds. The summed E-state index contributed by atoms with van der Waals surface area (Å²) in [7, 11) is 0. The zero-order valence-electron chi connectivity index (χ0n) is 10.1. The van der Waals surface area contributed by atoms with Gasteiger partial charge in [-0.1, -0.05) is 19.3 Å². The molecule has 1 fully saturated rings. The number of hydrogen-bond acceptors (Lipinski definition) is 2. The Bertz CT molecular complexity index is 428. The fourth-order valence-corrected chi connectivity index (χ4v) is 1.99. The number of Topliss-reactive ketones (excluding diaryl/α,β-unsaturated/α-hetero) is 1. The number of carbonyl (C=O) groups is 1. The van der Waals surface area contributed by atoms with Crippen LogP contribution < -0.4 is 0 Å². The molecule has 18 heavy (non-hydrogen) atoms. The summed E-state index contributed by atoms with van der Waals surface area (Å²) in [6, 6.07) is 2.85. The van der Waals surface area contributed by atoms with Crippen molar-refractivity contribution in [2.24, 2.45) is 5.92 Å². The molecule has 0 spiro atoms. The summed E-state index contributed by atoms with van der Waals surface area (Å²) in [6.07, 6.45) is 4.68. The van der Waals surface area contributed by atoms with Crippen LogP contribution >= 0.6 is 0 Å². The van der Waals surface area contributed by atoms with Crippen molar-refractivity contribution >= 4 is 5.78 Å². The number of ether oxygens (including phenoxy) is 1. The van der Waals surface area contributed by atoms with Crippen molar-refractivity contribution in [3.05, 3.63) is 35.4 Å². The van der Waals surface area contributed by atoms with E-state index in [0.717, 1.165) is 24.6 Å². The van der Waals surface area contributed by atoms with Gasteiger partial charge in [-0.25, -0.2) is 8.78 Å². The van der Waals surface area contributed by atoms with E-state index in [1.807, 2.05) is 0 Å². The van der Waals surface area contributed by atoms with Crippen LogP contribution in [-0.4, -0.2) is 19.0 Å². The van der Waals surface area contributed by atoms with Gasteiger partial charge in [-0.2, -0.15) is 0 Å². The molecule has 0 bridgehead atoms. The molecule has 1 aliphatic rings. The second-order valence-corrected chi connectivity index (χ2v) is 4.69. The second-order valence-electron chi connectivity index (χ2n) is 4.69. The third kappa shape index (κ3) is 3.35. The summed E-state index contributed by atoms with van der Waals surface area (Å²) >= 11 is 0. The Morgan fingerprint density at radius 3 is 2.78 bits per heavy atom. The molecular formula is C14H16F2O2. The fourth-order valence-electron chi connectivity index (χ4n) is 1.99. The fraction of sp³-hybridized carbons (Fsp3) is 0.500. The van der Waals surface area contributed by atoms with Gasteiger partial charge in [-0.3, -0.25) is 4.79 Å². The topological polar surface area (TPSA) is 26.3 Å². The zero-order valence-corrected chi connectivity index (χ0v) is 10.1. The van der Waals surface area contributed by atoms with Crippen molar-refractivity contribution in [2.45, 2.75) is 25.7 Å². The molecule has 0 N–H and O–H groups in total. The third-order valence-electron chi connectivity index (χ3n) is 3.36. The molecule has 98 valence electrons. The van der Waals surface area contributed by atoms with Crippen molar-refractivity contribution in [1.29, 1.82) is 0 Å². The van der Waals surface area contributed by atoms with Gasteiger partial charge in [0, 0.05) is 6.61 Å².